The molecular formula is C29H27F3N2O4S. The van der Waals surface area contributed by atoms with Crippen LogP contribution in [-0.4, -0.2) is 31.8 Å². The number of rotatable bonds is 7. The van der Waals surface area contributed by atoms with Crippen LogP contribution in [-0.2, 0) is 16.0 Å². The average molecular weight is 557 g/mol. The minimum atomic E-state index is -4.60. The van der Waals surface area contributed by atoms with Crippen LogP contribution in [0, 0.1) is 13.8 Å². The van der Waals surface area contributed by atoms with E-state index in [1.165, 1.54) is 30.3 Å². The van der Waals surface area contributed by atoms with Crippen molar-refractivity contribution in [3.8, 4) is 22.6 Å². The Morgan fingerprint density at radius 3 is 2.26 bits per heavy atom. The number of aromatic nitrogens is 1. The smallest absolute Gasteiger partial charge is 0.419 e. The topological polar surface area (TPSA) is 77.4 Å². The van der Waals surface area contributed by atoms with Crippen LogP contribution >= 0.6 is 0 Å². The Kier molecular flexibility index (Phi) is 7.61. The first-order valence-corrected chi connectivity index (χ1v) is 13.9. The SMILES string of the molecule is CCOc1ccc(-c2ccccc2-n2c(C)cc(C(=O)Nc3ccc(S(C)(=O)=O)cc3)c2C)cc1C(F)(F)F. The number of aryl methyl sites for hydroxylation is 1. The summed E-state index contributed by atoms with van der Waals surface area (Å²) in [4.78, 5) is 13.3. The highest BCUT2D eigenvalue weighted by Gasteiger charge is 2.35. The number of amides is 1. The van der Waals surface area contributed by atoms with Crippen molar-refractivity contribution in [3.63, 3.8) is 0 Å². The number of halogens is 3. The third-order valence-electron chi connectivity index (χ3n) is 6.26. The second-order valence-corrected chi connectivity index (χ2v) is 11.0. The molecule has 0 saturated carbocycles. The van der Waals surface area contributed by atoms with Crippen LogP contribution in [0.4, 0.5) is 18.9 Å². The van der Waals surface area contributed by atoms with E-state index in [2.05, 4.69) is 5.32 Å². The van der Waals surface area contributed by atoms with E-state index in [9.17, 15) is 26.4 Å². The highest BCUT2D eigenvalue weighted by Crippen LogP contribution is 2.40. The standard InChI is InChI=1S/C29H27F3N2O4S/c1-5-38-27-15-10-20(17-25(27)29(30,31)32)23-8-6-7-9-26(23)34-18(2)16-24(19(34)3)28(35)33-21-11-13-22(14-12-21)39(4,36)37/h6-17H,5H2,1-4H3,(H,33,35). The van der Waals surface area contributed by atoms with Gasteiger partial charge in [-0.2, -0.15) is 13.2 Å². The number of anilines is 1. The van der Waals surface area contributed by atoms with Crippen molar-refractivity contribution < 1.29 is 31.1 Å². The van der Waals surface area contributed by atoms with Crippen molar-refractivity contribution in [2.75, 3.05) is 18.2 Å². The fraction of sp³-hybridized carbons (Fsp3) is 0.207. The molecule has 1 amide bonds. The number of sulfone groups is 1. The van der Waals surface area contributed by atoms with E-state index in [-0.39, 0.29) is 17.3 Å². The van der Waals surface area contributed by atoms with Crippen LogP contribution < -0.4 is 10.1 Å². The first kappa shape index (κ1) is 28.0. The quantitative estimate of drug-likeness (QED) is 0.271. The van der Waals surface area contributed by atoms with Crippen molar-refractivity contribution in [1.29, 1.82) is 0 Å². The molecule has 1 aromatic heterocycles. The zero-order valence-electron chi connectivity index (χ0n) is 21.8. The Labute approximate surface area is 225 Å². The van der Waals surface area contributed by atoms with Crippen LogP contribution in [0.1, 0.15) is 34.2 Å². The summed E-state index contributed by atoms with van der Waals surface area (Å²) in [6.07, 6.45) is -3.50. The maximum atomic E-state index is 13.8. The summed E-state index contributed by atoms with van der Waals surface area (Å²) in [5.41, 5.74) is 2.75. The summed E-state index contributed by atoms with van der Waals surface area (Å²) in [5.74, 6) is -0.637. The monoisotopic (exact) mass is 556 g/mol. The first-order valence-electron chi connectivity index (χ1n) is 12.1. The molecule has 0 bridgehead atoms. The molecule has 204 valence electrons. The Balaban J connectivity index is 1.73. The molecule has 0 aliphatic rings. The van der Waals surface area contributed by atoms with Crippen molar-refractivity contribution in [2.45, 2.75) is 31.8 Å². The highest BCUT2D eigenvalue weighted by molar-refractivity contribution is 7.90. The van der Waals surface area contributed by atoms with Gasteiger partial charge in [0.1, 0.15) is 5.75 Å². The summed E-state index contributed by atoms with van der Waals surface area (Å²) < 4.78 is 71.9. The third-order valence-corrected chi connectivity index (χ3v) is 7.39. The Morgan fingerprint density at radius 2 is 1.64 bits per heavy atom. The molecule has 0 radical (unpaired) electrons. The number of carbonyl (C=O) groups is 1. The van der Waals surface area contributed by atoms with Gasteiger partial charge >= 0.3 is 6.18 Å². The van der Waals surface area contributed by atoms with Crippen molar-refractivity contribution in [3.05, 3.63) is 95.3 Å². The van der Waals surface area contributed by atoms with E-state index < -0.39 is 27.5 Å². The second kappa shape index (κ2) is 10.6. The first-order chi connectivity index (χ1) is 18.3. The minimum absolute atomic E-state index is 0.105. The number of nitrogens with one attached hydrogen (secondary N) is 1. The lowest BCUT2D eigenvalue weighted by Crippen LogP contribution is -2.13. The van der Waals surface area contributed by atoms with Crippen molar-refractivity contribution in [1.82, 2.24) is 4.57 Å². The molecule has 0 fully saturated rings. The van der Waals surface area contributed by atoms with Crippen LogP contribution in [0.5, 0.6) is 5.75 Å². The van der Waals surface area contributed by atoms with Gasteiger partial charge in [-0.05, 0) is 74.9 Å². The predicted molar refractivity (Wildman–Crippen MR) is 144 cm³/mol. The maximum Gasteiger partial charge on any atom is 0.419 e. The largest absolute Gasteiger partial charge is 0.493 e. The van der Waals surface area contributed by atoms with E-state index in [4.69, 9.17) is 4.74 Å². The van der Waals surface area contributed by atoms with E-state index in [0.717, 1.165) is 12.3 Å². The van der Waals surface area contributed by atoms with Gasteiger partial charge in [-0.1, -0.05) is 24.3 Å². The summed E-state index contributed by atoms with van der Waals surface area (Å²) in [7, 11) is -3.37. The molecule has 0 spiro atoms. The molecule has 0 atom stereocenters. The number of benzene rings is 3. The molecule has 0 aliphatic carbocycles. The molecule has 0 unspecified atom stereocenters. The lowest BCUT2D eigenvalue weighted by Gasteiger charge is -2.18. The van der Waals surface area contributed by atoms with Crippen LogP contribution in [0.15, 0.2) is 77.7 Å². The Hall–Kier alpha value is -4.05. The Morgan fingerprint density at radius 1 is 0.974 bits per heavy atom. The van der Waals surface area contributed by atoms with Crippen LogP contribution in [0.2, 0.25) is 0 Å². The number of hydrogen-bond acceptors (Lipinski definition) is 4. The average Bonchev–Trinajstić information content (AvgIpc) is 3.17. The molecule has 4 rings (SSSR count). The summed E-state index contributed by atoms with van der Waals surface area (Å²) in [6.45, 7) is 5.29. The van der Waals surface area contributed by atoms with Gasteiger partial charge in [-0.25, -0.2) is 8.42 Å². The molecule has 0 saturated heterocycles. The number of ether oxygens (including phenoxy) is 1. The molecule has 4 aromatic rings. The number of para-hydroxylation sites is 1. The van der Waals surface area contributed by atoms with Gasteiger partial charge in [0.2, 0.25) is 0 Å². The van der Waals surface area contributed by atoms with Gasteiger partial charge < -0.3 is 14.6 Å². The van der Waals surface area contributed by atoms with Gasteiger partial charge in [0, 0.05) is 28.9 Å². The van der Waals surface area contributed by atoms with Crippen LogP contribution in [0.25, 0.3) is 16.8 Å². The third kappa shape index (κ3) is 5.85. The lowest BCUT2D eigenvalue weighted by atomic mass is 10.00. The van der Waals surface area contributed by atoms with E-state index in [1.807, 2.05) is 4.57 Å². The van der Waals surface area contributed by atoms with Gasteiger partial charge in [-0.3, -0.25) is 4.79 Å². The zero-order valence-corrected chi connectivity index (χ0v) is 22.6. The molecule has 10 heteroatoms. The summed E-state index contributed by atoms with van der Waals surface area (Å²) in [6, 6.07) is 18.6. The van der Waals surface area contributed by atoms with E-state index in [1.54, 1.807) is 57.2 Å². The molecule has 0 aliphatic heterocycles. The molecule has 1 N–H and O–H groups in total. The summed E-state index contributed by atoms with van der Waals surface area (Å²) in [5, 5.41) is 2.77. The second-order valence-electron chi connectivity index (χ2n) is 9.03. The number of alkyl halides is 3. The fourth-order valence-corrected chi connectivity index (χ4v) is 5.09. The van der Waals surface area contributed by atoms with Gasteiger partial charge in [0.15, 0.2) is 9.84 Å². The van der Waals surface area contributed by atoms with Gasteiger partial charge in [0.25, 0.3) is 5.91 Å². The number of carbonyl (C=O) groups excluding carboxylic acids is 1. The molecule has 1 heterocycles. The number of hydrogen-bond donors (Lipinski definition) is 1. The van der Waals surface area contributed by atoms with Crippen LogP contribution in [0.3, 0.4) is 0 Å². The molecular weight excluding hydrogens is 529 g/mol. The van der Waals surface area contributed by atoms with Gasteiger partial charge in [-0.15, -0.1) is 0 Å². The van der Waals surface area contributed by atoms with Crippen molar-refractivity contribution in [2.24, 2.45) is 0 Å². The minimum Gasteiger partial charge on any atom is -0.493 e. The van der Waals surface area contributed by atoms with E-state index in [0.29, 0.717) is 39.5 Å². The maximum absolute atomic E-state index is 13.8. The summed E-state index contributed by atoms with van der Waals surface area (Å²) >= 11 is 0. The van der Waals surface area contributed by atoms with Gasteiger partial charge in [0.05, 0.1) is 28.3 Å². The molecule has 6 nitrogen and oxygen atoms in total. The normalized spacial score (nSPS) is 11.9. The molecule has 3 aromatic carbocycles. The highest BCUT2D eigenvalue weighted by atomic mass is 32.2. The zero-order chi connectivity index (χ0) is 28.5. The fourth-order valence-electron chi connectivity index (χ4n) is 4.46. The van der Waals surface area contributed by atoms with Crippen molar-refractivity contribution >= 4 is 21.4 Å². The Bertz CT molecular complexity index is 1640. The molecule has 39 heavy (non-hydrogen) atoms. The number of nitrogens with zero attached hydrogens (tertiary/aromatic N) is 1. The predicted octanol–water partition coefficient (Wildman–Crippen LogP) is 6.83. The lowest BCUT2D eigenvalue weighted by molar-refractivity contribution is -0.138. The van der Waals surface area contributed by atoms with E-state index >= 15 is 0 Å².